The summed E-state index contributed by atoms with van der Waals surface area (Å²) in [5, 5.41) is 8.86. The van der Waals surface area contributed by atoms with Gasteiger partial charge in [0.15, 0.2) is 5.02 Å². The van der Waals surface area contributed by atoms with Crippen molar-refractivity contribution in [1.82, 2.24) is 0 Å². The molecule has 1 N–H and O–H groups in total. The smallest absolute Gasteiger partial charge is 0.358 e. The van der Waals surface area contributed by atoms with Crippen LogP contribution in [0.1, 0.15) is 19.1 Å². The maximum Gasteiger partial charge on any atom is 0.358 e. The largest absolute Gasteiger partial charge is 0.506 e. The van der Waals surface area contributed by atoms with E-state index >= 15 is 0 Å². The van der Waals surface area contributed by atoms with Gasteiger partial charge in [0.2, 0.25) is 0 Å². The number of hydrogen-bond donors (Lipinski definition) is 1. The van der Waals surface area contributed by atoms with Crippen molar-refractivity contribution in [2.24, 2.45) is 0 Å². The van der Waals surface area contributed by atoms with E-state index in [1.165, 1.54) is 6.07 Å². The second kappa shape index (κ2) is 3.63. The quantitative estimate of drug-likeness (QED) is 0.772. The zero-order valence-electron chi connectivity index (χ0n) is 6.63. The average molecular weight is 189 g/mol. The normalized spacial score (nSPS) is 10.2. The summed E-state index contributed by atoms with van der Waals surface area (Å²) in [6, 6.07) is 1.37. The molecule has 1 aromatic heterocycles. The molecule has 0 aliphatic heterocycles. The van der Waals surface area contributed by atoms with Gasteiger partial charge in [-0.15, -0.1) is 0 Å². The number of aromatic hydroxyl groups is 1. The van der Waals surface area contributed by atoms with Gasteiger partial charge in [-0.3, -0.25) is 0 Å². The molecule has 1 rings (SSSR count). The molecule has 0 amide bonds. The lowest BCUT2D eigenvalue weighted by molar-refractivity contribution is 0.423. The van der Waals surface area contributed by atoms with Crippen LogP contribution in [0, 0.1) is 0 Å². The first kappa shape index (κ1) is 9.13. The number of rotatable bonds is 2. The van der Waals surface area contributed by atoms with Gasteiger partial charge >= 0.3 is 5.63 Å². The van der Waals surface area contributed by atoms with Crippen LogP contribution in [0.15, 0.2) is 15.3 Å². The lowest BCUT2D eigenvalue weighted by atomic mass is 10.2. The van der Waals surface area contributed by atoms with E-state index in [0.29, 0.717) is 12.2 Å². The zero-order valence-corrected chi connectivity index (χ0v) is 7.39. The second-order valence-electron chi connectivity index (χ2n) is 2.45. The van der Waals surface area contributed by atoms with Gasteiger partial charge in [0, 0.05) is 12.5 Å². The van der Waals surface area contributed by atoms with Crippen LogP contribution in [0.5, 0.6) is 5.75 Å². The van der Waals surface area contributed by atoms with Crippen LogP contribution < -0.4 is 5.63 Å². The second-order valence-corrected chi connectivity index (χ2v) is 2.83. The molecular formula is C8H9ClO3. The number of hydrogen-bond acceptors (Lipinski definition) is 3. The van der Waals surface area contributed by atoms with E-state index in [0.717, 1.165) is 6.42 Å². The van der Waals surface area contributed by atoms with Crippen molar-refractivity contribution in [3.05, 3.63) is 27.3 Å². The third kappa shape index (κ3) is 1.80. The van der Waals surface area contributed by atoms with Crippen molar-refractivity contribution in [2.75, 3.05) is 0 Å². The molecule has 0 aromatic carbocycles. The Morgan fingerprint density at radius 2 is 2.33 bits per heavy atom. The third-order valence-electron chi connectivity index (χ3n) is 1.42. The van der Waals surface area contributed by atoms with Gasteiger partial charge in [-0.05, 0) is 6.42 Å². The van der Waals surface area contributed by atoms with Gasteiger partial charge in [0.25, 0.3) is 0 Å². The fourth-order valence-electron chi connectivity index (χ4n) is 0.883. The summed E-state index contributed by atoms with van der Waals surface area (Å²) in [6.07, 6.45) is 1.48. The van der Waals surface area contributed by atoms with Crippen molar-refractivity contribution in [2.45, 2.75) is 19.8 Å². The number of halogens is 1. The lowest BCUT2D eigenvalue weighted by Gasteiger charge is -1.98. The standard InChI is InChI=1S/C8H9ClO3/c1-2-3-5-4-6(10)7(9)8(11)12-5/h4,10H,2-3H2,1H3. The molecule has 1 aromatic rings. The summed E-state index contributed by atoms with van der Waals surface area (Å²) >= 11 is 5.39. The molecule has 0 fully saturated rings. The molecule has 0 aliphatic rings. The van der Waals surface area contributed by atoms with Crippen LogP contribution in [0.4, 0.5) is 0 Å². The Morgan fingerprint density at radius 1 is 1.67 bits per heavy atom. The van der Waals surface area contributed by atoms with E-state index in [-0.39, 0.29) is 10.8 Å². The van der Waals surface area contributed by atoms with E-state index in [4.69, 9.17) is 21.1 Å². The molecule has 0 saturated heterocycles. The van der Waals surface area contributed by atoms with Crippen molar-refractivity contribution < 1.29 is 9.52 Å². The molecule has 0 radical (unpaired) electrons. The minimum absolute atomic E-state index is 0.212. The minimum atomic E-state index is -0.680. The average Bonchev–Trinajstić information content (AvgIpc) is 2.01. The third-order valence-corrected chi connectivity index (χ3v) is 1.77. The predicted octanol–water partition coefficient (Wildman–Crippen LogP) is 1.95. The monoisotopic (exact) mass is 188 g/mol. The Bertz CT molecular complexity index is 330. The Labute approximate surface area is 74.6 Å². The van der Waals surface area contributed by atoms with E-state index < -0.39 is 5.63 Å². The van der Waals surface area contributed by atoms with E-state index in [2.05, 4.69) is 0 Å². The Hall–Kier alpha value is -0.960. The summed E-state index contributed by atoms with van der Waals surface area (Å²) in [4.78, 5) is 10.9. The van der Waals surface area contributed by atoms with Crippen LogP contribution in [0.25, 0.3) is 0 Å². The van der Waals surface area contributed by atoms with Crippen molar-refractivity contribution >= 4 is 11.6 Å². The zero-order chi connectivity index (χ0) is 9.14. The van der Waals surface area contributed by atoms with Gasteiger partial charge in [-0.2, -0.15) is 0 Å². The first-order valence-corrected chi connectivity index (χ1v) is 4.04. The highest BCUT2D eigenvalue weighted by atomic mass is 35.5. The summed E-state index contributed by atoms with van der Waals surface area (Å²) in [6.45, 7) is 1.95. The number of aryl methyl sites for hydroxylation is 1. The summed E-state index contributed by atoms with van der Waals surface area (Å²) < 4.78 is 4.78. The van der Waals surface area contributed by atoms with Crippen LogP contribution in [-0.4, -0.2) is 5.11 Å². The molecule has 0 aliphatic carbocycles. The fourth-order valence-corrected chi connectivity index (χ4v) is 0.976. The maximum absolute atomic E-state index is 10.9. The van der Waals surface area contributed by atoms with E-state index in [1.807, 2.05) is 6.92 Å². The predicted molar refractivity (Wildman–Crippen MR) is 45.6 cm³/mol. The molecular weight excluding hydrogens is 180 g/mol. The Balaban J connectivity index is 3.13. The van der Waals surface area contributed by atoms with Crippen LogP contribution >= 0.6 is 11.6 Å². The van der Waals surface area contributed by atoms with Crippen molar-refractivity contribution in [3.63, 3.8) is 0 Å². The summed E-state index contributed by atoms with van der Waals surface area (Å²) in [7, 11) is 0. The van der Waals surface area contributed by atoms with Gasteiger partial charge in [-0.25, -0.2) is 4.79 Å². The minimum Gasteiger partial charge on any atom is -0.506 e. The first-order chi connectivity index (χ1) is 5.65. The van der Waals surface area contributed by atoms with Crippen LogP contribution in [0.3, 0.4) is 0 Å². The molecule has 12 heavy (non-hydrogen) atoms. The van der Waals surface area contributed by atoms with Crippen LogP contribution in [-0.2, 0) is 6.42 Å². The molecule has 0 spiro atoms. The molecule has 0 saturated carbocycles. The molecule has 0 atom stereocenters. The van der Waals surface area contributed by atoms with Gasteiger partial charge in [0.1, 0.15) is 11.5 Å². The first-order valence-electron chi connectivity index (χ1n) is 3.66. The van der Waals surface area contributed by atoms with Gasteiger partial charge < -0.3 is 9.52 Å². The van der Waals surface area contributed by atoms with Gasteiger partial charge in [-0.1, -0.05) is 18.5 Å². The highest BCUT2D eigenvalue weighted by Crippen LogP contribution is 2.19. The fraction of sp³-hybridized carbons (Fsp3) is 0.375. The SMILES string of the molecule is CCCc1cc(O)c(Cl)c(=O)o1. The van der Waals surface area contributed by atoms with Gasteiger partial charge in [0.05, 0.1) is 0 Å². The van der Waals surface area contributed by atoms with E-state index in [9.17, 15) is 4.79 Å². The highest BCUT2D eigenvalue weighted by molar-refractivity contribution is 6.31. The molecule has 66 valence electrons. The Morgan fingerprint density at radius 3 is 2.83 bits per heavy atom. The molecule has 0 unspecified atom stereocenters. The van der Waals surface area contributed by atoms with Crippen molar-refractivity contribution in [3.8, 4) is 5.75 Å². The highest BCUT2D eigenvalue weighted by Gasteiger charge is 2.07. The summed E-state index contributed by atoms with van der Waals surface area (Å²) in [5.41, 5.74) is -0.680. The molecule has 4 heteroatoms. The van der Waals surface area contributed by atoms with E-state index in [1.54, 1.807) is 0 Å². The maximum atomic E-state index is 10.9. The Kier molecular flexibility index (Phi) is 2.76. The summed E-state index contributed by atoms with van der Waals surface area (Å²) in [5.74, 6) is 0.251. The molecule has 3 nitrogen and oxygen atoms in total. The van der Waals surface area contributed by atoms with Crippen molar-refractivity contribution in [1.29, 1.82) is 0 Å². The molecule has 0 bridgehead atoms. The van der Waals surface area contributed by atoms with Crippen LogP contribution in [0.2, 0.25) is 5.02 Å². The lowest BCUT2D eigenvalue weighted by Crippen LogP contribution is -2.01. The molecule has 1 heterocycles. The topological polar surface area (TPSA) is 50.4 Å².